The molecule has 1 aromatic rings. The predicted molar refractivity (Wildman–Crippen MR) is 67.9 cm³/mol. The van der Waals surface area contributed by atoms with E-state index in [0.717, 1.165) is 5.56 Å². The minimum absolute atomic E-state index is 0.224. The van der Waals surface area contributed by atoms with E-state index in [0.29, 0.717) is 18.8 Å². The summed E-state index contributed by atoms with van der Waals surface area (Å²) >= 11 is 0. The molecule has 2 N–H and O–H groups in total. The van der Waals surface area contributed by atoms with Crippen LogP contribution in [0.2, 0.25) is 0 Å². The number of hydrogen-bond donors (Lipinski definition) is 2. The van der Waals surface area contributed by atoms with E-state index < -0.39 is 0 Å². The van der Waals surface area contributed by atoms with Gasteiger partial charge in [-0.05, 0) is 26.0 Å². The van der Waals surface area contributed by atoms with Crippen molar-refractivity contribution in [2.24, 2.45) is 0 Å². The van der Waals surface area contributed by atoms with Crippen LogP contribution in [0.15, 0.2) is 24.3 Å². The van der Waals surface area contributed by atoms with Gasteiger partial charge in [-0.1, -0.05) is 17.7 Å². The Morgan fingerprint density at radius 2 is 2.06 bits per heavy atom. The van der Waals surface area contributed by atoms with Crippen LogP contribution < -0.4 is 10.9 Å². The molecule has 5 nitrogen and oxygen atoms in total. The van der Waals surface area contributed by atoms with Gasteiger partial charge in [0, 0.05) is 12.2 Å². The lowest BCUT2D eigenvalue weighted by atomic mass is 10.1. The first-order valence-electron chi connectivity index (χ1n) is 5.87. The molecule has 0 bridgehead atoms. The summed E-state index contributed by atoms with van der Waals surface area (Å²) in [5.74, 6) is -0.604. The van der Waals surface area contributed by atoms with Crippen LogP contribution in [-0.4, -0.2) is 25.0 Å². The number of benzene rings is 1. The molecule has 0 aliphatic carbocycles. The average molecular weight is 250 g/mol. The first kappa shape index (κ1) is 14.2. The fourth-order valence-corrected chi connectivity index (χ4v) is 1.36. The standard InChI is InChI=1S/C13H18N2O3/c1-3-18-8-7-12(16)14-15-13(17)11-6-4-5-10(2)9-11/h4-6,9H,3,7-8H2,1-2H3,(H,14,16)(H,15,17). The molecule has 0 saturated carbocycles. The second-order valence-electron chi connectivity index (χ2n) is 3.82. The maximum Gasteiger partial charge on any atom is 0.269 e. The topological polar surface area (TPSA) is 67.4 Å². The fourth-order valence-electron chi connectivity index (χ4n) is 1.36. The molecule has 0 saturated heterocycles. The van der Waals surface area contributed by atoms with Crippen molar-refractivity contribution in [3.63, 3.8) is 0 Å². The van der Waals surface area contributed by atoms with Crippen LogP contribution in [0.4, 0.5) is 0 Å². The normalized spacial score (nSPS) is 9.89. The SMILES string of the molecule is CCOCCC(=O)NNC(=O)c1cccc(C)c1. The molecule has 0 spiro atoms. The van der Waals surface area contributed by atoms with Gasteiger partial charge in [-0.15, -0.1) is 0 Å². The van der Waals surface area contributed by atoms with Gasteiger partial charge >= 0.3 is 0 Å². The highest BCUT2D eigenvalue weighted by Crippen LogP contribution is 2.02. The van der Waals surface area contributed by atoms with Crippen molar-refractivity contribution in [1.82, 2.24) is 10.9 Å². The van der Waals surface area contributed by atoms with Crippen LogP contribution in [0.3, 0.4) is 0 Å². The van der Waals surface area contributed by atoms with Crippen molar-refractivity contribution < 1.29 is 14.3 Å². The van der Waals surface area contributed by atoms with Gasteiger partial charge in [0.25, 0.3) is 5.91 Å². The van der Waals surface area contributed by atoms with E-state index in [9.17, 15) is 9.59 Å². The summed E-state index contributed by atoms with van der Waals surface area (Å²) in [6.45, 7) is 4.68. The Bertz CT molecular complexity index is 418. The van der Waals surface area contributed by atoms with Crippen LogP contribution in [0.5, 0.6) is 0 Å². The molecule has 5 heteroatoms. The van der Waals surface area contributed by atoms with Gasteiger partial charge in [0.1, 0.15) is 0 Å². The lowest BCUT2D eigenvalue weighted by Crippen LogP contribution is -2.41. The maximum absolute atomic E-state index is 11.7. The van der Waals surface area contributed by atoms with Crippen molar-refractivity contribution in [1.29, 1.82) is 0 Å². The van der Waals surface area contributed by atoms with Gasteiger partial charge in [0.2, 0.25) is 5.91 Å². The van der Waals surface area contributed by atoms with Crippen LogP contribution >= 0.6 is 0 Å². The molecule has 0 aromatic heterocycles. The molecule has 0 aliphatic heterocycles. The number of rotatable bonds is 5. The van der Waals surface area contributed by atoms with E-state index in [1.807, 2.05) is 19.9 Å². The number of carbonyl (C=O) groups excluding carboxylic acids is 2. The smallest absolute Gasteiger partial charge is 0.269 e. The third-order valence-electron chi connectivity index (χ3n) is 2.27. The first-order valence-corrected chi connectivity index (χ1v) is 5.87. The quantitative estimate of drug-likeness (QED) is 0.609. The maximum atomic E-state index is 11.7. The van der Waals surface area contributed by atoms with Crippen LogP contribution in [-0.2, 0) is 9.53 Å². The summed E-state index contributed by atoms with van der Waals surface area (Å²) in [5.41, 5.74) is 6.20. The van der Waals surface area contributed by atoms with Gasteiger partial charge < -0.3 is 4.74 Å². The third-order valence-corrected chi connectivity index (χ3v) is 2.27. The molecule has 98 valence electrons. The Morgan fingerprint density at radius 3 is 2.72 bits per heavy atom. The van der Waals surface area contributed by atoms with Gasteiger partial charge in [-0.25, -0.2) is 0 Å². The average Bonchev–Trinajstić information content (AvgIpc) is 2.36. The lowest BCUT2D eigenvalue weighted by molar-refractivity contribution is -0.122. The molecule has 1 rings (SSSR count). The highest BCUT2D eigenvalue weighted by molar-refractivity contribution is 5.95. The molecule has 0 aliphatic rings. The molecule has 1 aromatic carbocycles. The van der Waals surface area contributed by atoms with E-state index in [2.05, 4.69) is 10.9 Å². The largest absolute Gasteiger partial charge is 0.381 e. The molecular formula is C13H18N2O3. The highest BCUT2D eigenvalue weighted by Gasteiger charge is 2.06. The van der Waals surface area contributed by atoms with Gasteiger partial charge in [0.15, 0.2) is 0 Å². The number of nitrogens with one attached hydrogen (secondary N) is 2. The first-order chi connectivity index (χ1) is 8.63. The molecule has 0 fully saturated rings. The Kier molecular flexibility index (Phi) is 5.87. The number of carbonyl (C=O) groups is 2. The number of aryl methyl sites for hydroxylation is 1. The number of amides is 2. The van der Waals surface area contributed by atoms with E-state index in [1.165, 1.54) is 0 Å². The number of hydrazine groups is 1. The molecule has 2 amide bonds. The van der Waals surface area contributed by atoms with Crippen molar-refractivity contribution >= 4 is 11.8 Å². The summed E-state index contributed by atoms with van der Waals surface area (Å²) < 4.78 is 5.04. The minimum Gasteiger partial charge on any atom is -0.381 e. The summed E-state index contributed by atoms with van der Waals surface area (Å²) in [5, 5.41) is 0. The summed E-state index contributed by atoms with van der Waals surface area (Å²) in [7, 11) is 0. The van der Waals surface area contributed by atoms with E-state index in [1.54, 1.807) is 18.2 Å². The Balaban J connectivity index is 2.35. The Morgan fingerprint density at radius 1 is 1.28 bits per heavy atom. The second-order valence-corrected chi connectivity index (χ2v) is 3.82. The van der Waals surface area contributed by atoms with Gasteiger partial charge in [0.05, 0.1) is 13.0 Å². The number of hydrogen-bond acceptors (Lipinski definition) is 3. The zero-order valence-electron chi connectivity index (χ0n) is 10.7. The molecule has 0 radical (unpaired) electrons. The predicted octanol–water partition coefficient (Wildman–Crippen LogP) is 1.18. The van der Waals surface area contributed by atoms with Crippen LogP contribution in [0.25, 0.3) is 0 Å². The second kappa shape index (κ2) is 7.45. The van der Waals surface area contributed by atoms with E-state index in [-0.39, 0.29) is 18.2 Å². The highest BCUT2D eigenvalue weighted by atomic mass is 16.5. The zero-order chi connectivity index (χ0) is 13.4. The van der Waals surface area contributed by atoms with E-state index >= 15 is 0 Å². The van der Waals surface area contributed by atoms with Crippen molar-refractivity contribution in [3.05, 3.63) is 35.4 Å². The molecule has 0 unspecified atom stereocenters. The monoisotopic (exact) mass is 250 g/mol. The van der Waals surface area contributed by atoms with Crippen molar-refractivity contribution in [2.45, 2.75) is 20.3 Å². The lowest BCUT2D eigenvalue weighted by Gasteiger charge is -2.07. The summed E-state index contributed by atoms with van der Waals surface area (Å²) in [6, 6.07) is 7.13. The van der Waals surface area contributed by atoms with Crippen molar-refractivity contribution in [3.8, 4) is 0 Å². The van der Waals surface area contributed by atoms with E-state index in [4.69, 9.17) is 4.74 Å². The number of ether oxygens (including phenoxy) is 1. The molecule has 18 heavy (non-hydrogen) atoms. The zero-order valence-corrected chi connectivity index (χ0v) is 10.7. The van der Waals surface area contributed by atoms with Gasteiger partial charge in [-0.2, -0.15) is 0 Å². The Labute approximate surface area is 106 Å². The summed E-state index contributed by atoms with van der Waals surface area (Å²) in [4.78, 5) is 23.0. The van der Waals surface area contributed by atoms with Crippen LogP contribution in [0.1, 0.15) is 29.3 Å². The Hall–Kier alpha value is -1.88. The van der Waals surface area contributed by atoms with Crippen LogP contribution in [0, 0.1) is 6.92 Å². The third kappa shape index (κ3) is 4.97. The minimum atomic E-state index is -0.330. The van der Waals surface area contributed by atoms with Gasteiger partial charge in [-0.3, -0.25) is 20.4 Å². The van der Waals surface area contributed by atoms with Crippen molar-refractivity contribution in [2.75, 3.05) is 13.2 Å². The molecular weight excluding hydrogens is 232 g/mol. The molecule has 0 atom stereocenters. The summed E-state index contributed by atoms with van der Waals surface area (Å²) in [6.07, 6.45) is 0.224. The fraction of sp³-hybridized carbons (Fsp3) is 0.385. The molecule has 0 heterocycles.